The molecule has 34 heavy (non-hydrogen) atoms. The monoisotopic (exact) mass is 574 g/mol. The zero-order valence-corrected chi connectivity index (χ0v) is 22.2. The Morgan fingerprint density at radius 1 is 1.03 bits per heavy atom. The highest BCUT2D eigenvalue weighted by atomic mass is 79.9. The highest BCUT2D eigenvalue weighted by Gasteiger charge is 2.33. The number of rotatable bonds is 7. The molecule has 8 heteroatoms. The summed E-state index contributed by atoms with van der Waals surface area (Å²) >= 11 is 16.9. The molecule has 3 aromatic rings. The van der Waals surface area contributed by atoms with Crippen LogP contribution in [0.2, 0.25) is 10.0 Å². The SMILES string of the molecule is CCCN1C(=O)/C(=C/c2cc(Br)ccc2OCc2ccc(Cl)cc2)SC1=Nc1ccc(Cl)cc1. The Morgan fingerprint density at radius 2 is 1.71 bits per heavy atom. The van der Waals surface area contributed by atoms with Gasteiger partial charge < -0.3 is 4.74 Å². The lowest BCUT2D eigenvalue weighted by atomic mass is 10.1. The first kappa shape index (κ1) is 24.9. The maximum atomic E-state index is 13.2. The molecule has 0 unspecified atom stereocenters. The Balaban J connectivity index is 1.62. The molecule has 0 saturated carbocycles. The quantitative estimate of drug-likeness (QED) is 0.266. The van der Waals surface area contributed by atoms with Gasteiger partial charge in [-0.1, -0.05) is 58.2 Å². The predicted molar refractivity (Wildman–Crippen MR) is 146 cm³/mol. The third-order valence-corrected chi connectivity index (χ3v) is 6.96. The van der Waals surface area contributed by atoms with Crippen LogP contribution in [-0.2, 0) is 11.4 Å². The van der Waals surface area contributed by atoms with E-state index in [2.05, 4.69) is 15.9 Å². The summed E-state index contributed by atoms with van der Waals surface area (Å²) in [5, 5.41) is 1.98. The van der Waals surface area contributed by atoms with Crippen molar-refractivity contribution in [2.45, 2.75) is 20.0 Å². The number of halogens is 3. The van der Waals surface area contributed by atoms with E-state index in [-0.39, 0.29) is 5.91 Å². The molecule has 0 spiro atoms. The molecule has 4 rings (SSSR count). The van der Waals surface area contributed by atoms with E-state index in [0.29, 0.717) is 39.0 Å². The molecule has 1 aliphatic rings. The average Bonchev–Trinajstić information content (AvgIpc) is 3.10. The van der Waals surface area contributed by atoms with Crippen molar-refractivity contribution >= 4 is 73.7 Å². The van der Waals surface area contributed by atoms with Crippen LogP contribution in [0.3, 0.4) is 0 Å². The lowest BCUT2D eigenvalue weighted by Gasteiger charge is -2.14. The first-order valence-corrected chi connectivity index (χ1v) is 13.0. The second kappa shape index (κ2) is 11.5. The van der Waals surface area contributed by atoms with Gasteiger partial charge in [0, 0.05) is 26.6 Å². The fraction of sp³-hybridized carbons (Fsp3) is 0.154. The van der Waals surface area contributed by atoms with Gasteiger partial charge in [0.1, 0.15) is 12.4 Å². The van der Waals surface area contributed by atoms with E-state index in [1.165, 1.54) is 11.8 Å². The van der Waals surface area contributed by atoms with E-state index in [1.54, 1.807) is 17.0 Å². The molecule has 0 radical (unpaired) electrons. The lowest BCUT2D eigenvalue weighted by molar-refractivity contribution is -0.122. The number of carbonyl (C=O) groups excluding carboxylic acids is 1. The van der Waals surface area contributed by atoms with E-state index < -0.39 is 0 Å². The fourth-order valence-corrected chi connectivity index (χ4v) is 4.93. The van der Waals surface area contributed by atoms with Crippen LogP contribution in [0.1, 0.15) is 24.5 Å². The summed E-state index contributed by atoms with van der Waals surface area (Å²) in [6, 6.07) is 20.5. The zero-order valence-electron chi connectivity index (χ0n) is 18.3. The topological polar surface area (TPSA) is 41.9 Å². The fourth-order valence-electron chi connectivity index (χ4n) is 3.28. The molecule has 174 valence electrons. The number of hydrogen-bond donors (Lipinski definition) is 0. The molecular formula is C26H21BrCl2N2O2S. The summed E-state index contributed by atoms with van der Waals surface area (Å²) in [6.07, 6.45) is 2.69. The van der Waals surface area contributed by atoms with Crippen molar-refractivity contribution in [2.75, 3.05) is 6.54 Å². The molecule has 1 aliphatic heterocycles. The zero-order chi connectivity index (χ0) is 24.1. The predicted octanol–water partition coefficient (Wildman–Crippen LogP) is 8.35. The number of amides is 1. The summed E-state index contributed by atoms with van der Waals surface area (Å²) in [5.41, 5.74) is 2.56. The summed E-state index contributed by atoms with van der Waals surface area (Å²) < 4.78 is 6.98. The molecule has 0 aliphatic carbocycles. The molecule has 3 aromatic carbocycles. The van der Waals surface area contributed by atoms with Crippen LogP contribution in [0, 0.1) is 0 Å². The van der Waals surface area contributed by atoms with E-state index in [9.17, 15) is 4.79 Å². The molecule has 1 heterocycles. The molecule has 0 atom stereocenters. The summed E-state index contributed by atoms with van der Waals surface area (Å²) in [4.78, 5) is 20.2. The first-order valence-electron chi connectivity index (χ1n) is 10.7. The van der Waals surface area contributed by atoms with Crippen molar-refractivity contribution < 1.29 is 9.53 Å². The van der Waals surface area contributed by atoms with E-state index >= 15 is 0 Å². The number of aliphatic imine (C=N–C) groups is 1. The number of thioether (sulfide) groups is 1. The van der Waals surface area contributed by atoms with Gasteiger partial charge in [0.15, 0.2) is 5.17 Å². The molecule has 0 bridgehead atoms. The highest BCUT2D eigenvalue weighted by Crippen LogP contribution is 2.36. The molecule has 0 N–H and O–H groups in total. The van der Waals surface area contributed by atoms with Crippen LogP contribution < -0.4 is 4.74 Å². The molecule has 1 saturated heterocycles. The van der Waals surface area contributed by atoms with E-state index in [0.717, 1.165) is 27.7 Å². The summed E-state index contributed by atoms with van der Waals surface area (Å²) in [5.74, 6) is 0.618. The van der Waals surface area contributed by atoms with Gasteiger partial charge in [-0.05, 0) is 84.4 Å². The lowest BCUT2D eigenvalue weighted by Crippen LogP contribution is -2.29. The maximum absolute atomic E-state index is 13.2. The Bertz CT molecular complexity index is 1240. The Labute approximate surface area is 221 Å². The minimum absolute atomic E-state index is 0.0665. The molecule has 1 amide bonds. The van der Waals surface area contributed by atoms with Gasteiger partial charge in [0.05, 0.1) is 10.6 Å². The number of benzene rings is 3. The minimum atomic E-state index is -0.0665. The van der Waals surface area contributed by atoms with Crippen LogP contribution in [0.5, 0.6) is 5.75 Å². The van der Waals surface area contributed by atoms with Crippen molar-refractivity contribution in [1.29, 1.82) is 0 Å². The van der Waals surface area contributed by atoms with Gasteiger partial charge in [-0.2, -0.15) is 0 Å². The number of carbonyl (C=O) groups is 1. The van der Waals surface area contributed by atoms with E-state index in [1.807, 2.05) is 67.6 Å². The molecule has 0 aromatic heterocycles. The first-order chi connectivity index (χ1) is 16.4. The van der Waals surface area contributed by atoms with Gasteiger partial charge >= 0.3 is 0 Å². The van der Waals surface area contributed by atoms with Crippen molar-refractivity contribution in [3.8, 4) is 5.75 Å². The molecular weight excluding hydrogens is 555 g/mol. The maximum Gasteiger partial charge on any atom is 0.266 e. The van der Waals surface area contributed by atoms with Crippen molar-refractivity contribution in [1.82, 2.24) is 4.90 Å². The third kappa shape index (κ3) is 6.25. The Hall–Kier alpha value is -2.25. The van der Waals surface area contributed by atoms with E-state index in [4.69, 9.17) is 32.9 Å². The standard InChI is InChI=1S/C26H21BrCl2N2O2S/c1-2-13-31-25(32)24(34-26(31)30-22-10-8-21(29)9-11-22)15-18-14-19(27)5-12-23(18)33-16-17-3-6-20(28)7-4-17/h3-12,14-15H,2,13,16H2,1H3/b24-15-,30-26?. The summed E-state index contributed by atoms with van der Waals surface area (Å²) in [7, 11) is 0. The normalized spacial score (nSPS) is 16.0. The number of nitrogens with zero attached hydrogens (tertiary/aromatic N) is 2. The average molecular weight is 576 g/mol. The van der Waals surface area contributed by atoms with Crippen LogP contribution in [-0.4, -0.2) is 22.5 Å². The largest absolute Gasteiger partial charge is 0.488 e. The van der Waals surface area contributed by atoms with Crippen LogP contribution >= 0.6 is 50.9 Å². The highest BCUT2D eigenvalue weighted by molar-refractivity contribution is 9.10. The van der Waals surface area contributed by atoms with Crippen molar-refractivity contribution in [3.63, 3.8) is 0 Å². The Kier molecular flexibility index (Phi) is 8.37. The van der Waals surface area contributed by atoms with Gasteiger partial charge in [-0.25, -0.2) is 4.99 Å². The van der Waals surface area contributed by atoms with Crippen LogP contribution in [0.15, 0.2) is 81.1 Å². The van der Waals surface area contributed by atoms with Crippen LogP contribution in [0.25, 0.3) is 6.08 Å². The smallest absolute Gasteiger partial charge is 0.266 e. The Morgan fingerprint density at radius 3 is 2.38 bits per heavy atom. The number of hydrogen-bond acceptors (Lipinski definition) is 4. The third-order valence-electron chi connectivity index (χ3n) is 4.95. The minimum Gasteiger partial charge on any atom is -0.488 e. The number of ether oxygens (including phenoxy) is 1. The van der Waals surface area contributed by atoms with Gasteiger partial charge in [-0.3, -0.25) is 9.69 Å². The number of amidine groups is 1. The second-order valence-electron chi connectivity index (χ2n) is 7.54. The van der Waals surface area contributed by atoms with Crippen LogP contribution in [0.4, 0.5) is 5.69 Å². The van der Waals surface area contributed by atoms with Crippen molar-refractivity contribution in [2.24, 2.45) is 4.99 Å². The van der Waals surface area contributed by atoms with Gasteiger partial charge in [0.2, 0.25) is 0 Å². The summed E-state index contributed by atoms with van der Waals surface area (Å²) in [6.45, 7) is 3.02. The van der Waals surface area contributed by atoms with Gasteiger partial charge in [-0.15, -0.1) is 0 Å². The molecule has 1 fully saturated rings. The van der Waals surface area contributed by atoms with Crippen molar-refractivity contribution in [3.05, 3.63) is 97.3 Å². The second-order valence-corrected chi connectivity index (χ2v) is 10.3. The van der Waals surface area contributed by atoms with Gasteiger partial charge in [0.25, 0.3) is 5.91 Å². The molecule has 4 nitrogen and oxygen atoms in total.